The normalized spacial score (nSPS) is 17.5. The second-order valence-corrected chi connectivity index (χ2v) is 6.11. The van der Waals surface area contributed by atoms with Crippen LogP contribution in [0.4, 0.5) is 5.69 Å². The van der Waals surface area contributed by atoms with Gasteiger partial charge < -0.3 is 15.5 Å². The van der Waals surface area contributed by atoms with Gasteiger partial charge in [0.25, 0.3) is 0 Å². The second-order valence-electron chi connectivity index (χ2n) is 5.04. The van der Waals surface area contributed by atoms with Gasteiger partial charge in [-0.3, -0.25) is 14.4 Å². The second kappa shape index (κ2) is 7.31. The maximum absolute atomic E-state index is 12.0. The molecule has 0 aromatic heterocycles. The summed E-state index contributed by atoms with van der Waals surface area (Å²) in [6.45, 7) is 3.85. The molecule has 2 rings (SSSR count). The molecule has 7 heteroatoms. The van der Waals surface area contributed by atoms with Gasteiger partial charge in [-0.15, -0.1) is 11.8 Å². The molecular formula is C15H19N3O3S. The molecule has 0 bridgehead atoms. The zero-order valence-corrected chi connectivity index (χ0v) is 13.4. The Morgan fingerprint density at radius 1 is 1.23 bits per heavy atom. The Morgan fingerprint density at radius 3 is 2.50 bits per heavy atom. The van der Waals surface area contributed by atoms with Crippen LogP contribution < -0.4 is 10.6 Å². The average molecular weight is 321 g/mol. The molecule has 1 fully saturated rings. The predicted molar refractivity (Wildman–Crippen MR) is 86.3 cm³/mol. The van der Waals surface area contributed by atoms with Crippen LogP contribution in [0.1, 0.15) is 24.8 Å². The van der Waals surface area contributed by atoms with Gasteiger partial charge in [-0.25, -0.2) is 0 Å². The molecule has 0 spiro atoms. The maximum atomic E-state index is 12.0. The number of nitrogens with zero attached hydrogens (tertiary/aromatic N) is 1. The molecule has 0 radical (unpaired) electrons. The van der Waals surface area contributed by atoms with E-state index in [1.54, 1.807) is 16.7 Å². The zero-order valence-electron chi connectivity index (χ0n) is 12.6. The Labute approximate surface area is 133 Å². The first-order chi connectivity index (χ1) is 10.5. The van der Waals surface area contributed by atoms with Crippen molar-refractivity contribution in [2.24, 2.45) is 0 Å². The van der Waals surface area contributed by atoms with Crippen LogP contribution in [0.5, 0.6) is 0 Å². The van der Waals surface area contributed by atoms with E-state index in [9.17, 15) is 14.4 Å². The third kappa shape index (κ3) is 4.24. The summed E-state index contributed by atoms with van der Waals surface area (Å²) in [6, 6.07) is 7.47. The zero-order chi connectivity index (χ0) is 16.1. The van der Waals surface area contributed by atoms with Crippen LogP contribution in [-0.4, -0.2) is 41.5 Å². The number of amides is 3. The molecule has 1 heterocycles. The first-order valence-corrected chi connectivity index (χ1v) is 8.05. The number of anilines is 1. The van der Waals surface area contributed by atoms with E-state index in [1.165, 1.54) is 13.8 Å². The van der Waals surface area contributed by atoms with Crippen LogP contribution in [0.3, 0.4) is 0 Å². The molecule has 118 valence electrons. The number of hydrogen-bond acceptors (Lipinski definition) is 4. The average Bonchev–Trinajstić information content (AvgIpc) is 2.80. The number of nitrogens with one attached hydrogen (secondary N) is 2. The molecule has 1 aliphatic rings. The summed E-state index contributed by atoms with van der Waals surface area (Å²) in [5.41, 5.74) is 1.74. The van der Waals surface area contributed by atoms with Crippen molar-refractivity contribution in [3.63, 3.8) is 0 Å². The lowest BCUT2D eigenvalue weighted by molar-refractivity contribution is -0.128. The maximum Gasteiger partial charge on any atom is 0.233 e. The van der Waals surface area contributed by atoms with Gasteiger partial charge in [0, 0.05) is 32.6 Å². The van der Waals surface area contributed by atoms with Crippen molar-refractivity contribution < 1.29 is 14.4 Å². The molecule has 22 heavy (non-hydrogen) atoms. The summed E-state index contributed by atoms with van der Waals surface area (Å²) in [4.78, 5) is 35.7. The van der Waals surface area contributed by atoms with E-state index in [1.807, 2.05) is 24.3 Å². The number of carbonyl (C=O) groups is 3. The van der Waals surface area contributed by atoms with Crippen molar-refractivity contribution in [3.05, 3.63) is 29.8 Å². The lowest BCUT2D eigenvalue weighted by Gasteiger charge is -2.24. The summed E-state index contributed by atoms with van der Waals surface area (Å²) < 4.78 is 0. The van der Waals surface area contributed by atoms with E-state index in [2.05, 4.69) is 10.6 Å². The molecule has 0 saturated carbocycles. The Morgan fingerprint density at radius 2 is 1.91 bits per heavy atom. The van der Waals surface area contributed by atoms with Crippen LogP contribution in [0, 0.1) is 0 Å². The number of rotatable bonds is 5. The van der Waals surface area contributed by atoms with Gasteiger partial charge in [0.05, 0.1) is 5.75 Å². The minimum atomic E-state index is -0.116. The molecule has 1 aliphatic heterocycles. The summed E-state index contributed by atoms with van der Waals surface area (Å²) in [6.07, 6.45) is 0. The van der Waals surface area contributed by atoms with Crippen molar-refractivity contribution in [3.8, 4) is 0 Å². The summed E-state index contributed by atoms with van der Waals surface area (Å²) in [5.74, 6) is 0.301. The lowest BCUT2D eigenvalue weighted by atomic mass is 10.2. The first kappa shape index (κ1) is 16.4. The SMILES string of the molecule is CC(=O)NCCN1C(=O)CSC1c1ccc(NC(C)=O)cc1. The number of carbonyl (C=O) groups excluding carboxylic acids is 3. The molecule has 1 aromatic rings. The van der Waals surface area contributed by atoms with E-state index in [0.717, 1.165) is 11.3 Å². The predicted octanol–water partition coefficient (Wildman–Crippen LogP) is 1.36. The highest BCUT2D eigenvalue weighted by Gasteiger charge is 2.32. The van der Waals surface area contributed by atoms with E-state index in [4.69, 9.17) is 0 Å². The van der Waals surface area contributed by atoms with Gasteiger partial charge in [-0.2, -0.15) is 0 Å². The molecule has 1 aromatic carbocycles. The summed E-state index contributed by atoms with van der Waals surface area (Å²) >= 11 is 1.57. The quantitative estimate of drug-likeness (QED) is 0.858. The molecule has 1 atom stereocenters. The van der Waals surface area contributed by atoms with E-state index >= 15 is 0 Å². The molecule has 1 unspecified atom stereocenters. The third-order valence-electron chi connectivity index (χ3n) is 3.21. The Kier molecular flexibility index (Phi) is 5.43. The molecule has 0 aliphatic carbocycles. The standard InChI is InChI=1S/C15H19N3O3S/c1-10(19)16-7-8-18-14(21)9-22-15(18)12-3-5-13(6-4-12)17-11(2)20/h3-6,15H,7-9H2,1-2H3,(H,16,19)(H,17,20). The fourth-order valence-corrected chi connectivity index (χ4v) is 3.48. The number of thioether (sulfide) groups is 1. The molecular weight excluding hydrogens is 302 g/mol. The fraction of sp³-hybridized carbons (Fsp3) is 0.400. The molecule has 1 saturated heterocycles. The van der Waals surface area contributed by atoms with Crippen molar-refractivity contribution in [2.45, 2.75) is 19.2 Å². The minimum Gasteiger partial charge on any atom is -0.355 e. The van der Waals surface area contributed by atoms with Gasteiger partial charge in [0.2, 0.25) is 17.7 Å². The fourth-order valence-electron chi connectivity index (χ4n) is 2.26. The largest absolute Gasteiger partial charge is 0.355 e. The van der Waals surface area contributed by atoms with Gasteiger partial charge in [0.1, 0.15) is 5.37 Å². The van der Waals surface area contributed by atoms with Crippen molar-refractivity contribution >= 4 is 35.2 Å². The molecule has 2 N–H and O–H groups in total. The monoisotopic (exact) mass is 321 g/mol. The molecule has 6 nitrogen and oxygen atoms in total. The van der Waals surface area contributed by atoms with Gasteiger partial charge in [-0.05, 0) is 17.7 Å². The van der Waals surface area contributed by atoms with Crippen LogP contribution >= 0.6 is 11.8 Å². The third-order valence-corrected chi connectivity index (χ3v) is 4.47. The lowest BCUT2D eigenvalue weighted by Crippen LogP contribution is -2.36. The van der Waals surface area contributed by atoms with Gasteiger partial charge in [0.15, 0.2) is 0 Å². The van der Waals surface area contributed by atoms with Crippen LogP contribution in [0.15, 0.2) is 24.3 Å². The van der Waals surface area contributed by atoms with Crippen LogP contribution in [0.25, 0.3) is 0 Å². The smallest absolute Gasteiger partial charge is 0.233 e. The Bertz CT molecular complexity index is 574. The van der Waals surface area contributed by atoms with E-state index < -0.39 is 0 Å². The van der Waals surface area contributed by atoms with Crippen molar-refractivity contribution in [2.75, 3.05) is 24.2 Å². The van der Waals surface area contributed by atoms with Crippen molar-refractivity contribution in [1.82, 2.24) is 10.2 Å². The van der Waals surface area contributed by atoms with E-state index in [0.29, 0.717) is 18.8 Å². The topological polar surface area (TPSA) is 78.5 Å². The minimum absolute atomic E-state index is 0.0485. The Hall–Kier alpha value is -2.02. The highest BCUT2D eigenvalue weighted by molar-refractivity contribution is 8.00. The number of hydrogen-bond donors (Lipinski definition) is 2. The summed E-state index contributed by atoms with van der Waals surface area (Å²) in [7, 11) is 0. The van der Waals surface area contributed by atoms with Crippen LogP contribution in [-0.2, 0) is 14.4 Å². The van der Waals surface area contributed by atoms with Crippen LogP contribution in [0.2, 0.25) is 0 Å². The first-order valence-electron chi connectivity index (χ1n) is 7.00. The molecule has 3 amide bonds. The Balaban J connectivity index is 2.03. The number of benzene rings is 1. The van der Waals surface area contributed by atoms with Gasteiger partial charge >= 0.3 is 0 Å². The van der Waals surface area contributed by atoms with Crippen molar-refractivity contribution in [1.29, 1.82) is 0 Å². The van der Waals surface area contributed by atoms with E-state index in [-0.39, 0.29) is 23.1 Å². The highest BCUT2D eigenvalue weighted by Crippen LogP contribution is 2.38. The highest BCUT2D eigenvalue weighted by atomic mass is 32.2. The summed E-state index contributed by atoms with van der Waals surface area (Å²) in [5, 5.41) is 5.37. The van der Waals surface area contributed by atoms with Gasteiger partial charge in [-0.1, -0.05) is 12.1 Å².